The molecule has 0 saturated heterocycles. The highest BCUT2D eigenvalue weighted by molar-refractivity contribution is 6.29. The second-order valence-electron chi connectivity index (χ2n) is 3.27. The zero-order chi connectivity index (χ0) is 12.3. The average Bonchev–Trinajstić information content (AvgIpc) is 2.29. The lowest BCUT2D eigenvalue weighted by molar-refractivity contribution is 0.100. The van der Waals surface area contributed by atoms with Crippen LogP contribution in [-0.4, -0.2) is 15.9 Å². The van der Waals surface area contributed by atoms with Crippen molar-refractivity contribution in [2.24, 2.45) is 5.73 Å². The van der Waals surface area contributed by atoms with Crippen LogP contribution in [0.5, 0.6) is 0 Å². The normalized spacial score (nSPS) is 9.94. The van der Waals surface area contributed by atoms with Crippen molar-refractivity contribution in [3.8, 4) is 0 Å². The number of hydrogen-bond donors (Lipinski definition) is 2. The standard InChI is InChI=1S/C11H9ClN4O/c12-9-4-5-14-11(16-9)15-8-3-1-2-7(6-8)10(13)17/h1-6H,(H2,13,17)(H,14,15,16). The van der Waals surface area contributed by atoms with E-state index in [2.05, 4.69) is 15.3 Å². The highest BCUT2D eigenvalue weighted by Gasteiger charge is 2.02. The Morgan fingerprint density at radius 2 is 2.18 bits per heavy atom. The minimum Gasteiger partial charge on any atom is -0.366 e. The number of aromatic nitrogens is 2. The first-order valence-electron chi connectivity index (χ1n) is 4.80. The largest absolute Gasteiger partial charge is 0.366 e. The number of primary amides is 1. The molecule has 0 aliphatic heterocycles. The first-order chi connectivity index (χ1) is 8.15. The Bertz CT molecular complexity index is 559. The summed E-state index contributed by atoms with van der Waals surface area (Å²) in [5, 5.41) is 3.27. The summed E-state index contributed by atoms with van der Waals surface area (Å²) in [6.45, 7) is 0. The summed E-state index contributed by atoms with van der Waals surface area (Å²) < 4.78 is 0. The van der Waals surface area contributed by atoms with Gasteiger partial charge in [-0.3, -0.25) is 4.79 Å². The van der Waals surface area contributed by atoms with Crippen molar-refractivity contribution in [1.29, 1.82) is 0 Å². The molecule has 0 spiro atoms. The third-order valence-corrected chi connectivity index (χ3v) is 2.24. The molecule has 1 amide bonds. The van der Waals surface area contributed by atoms with Crippen molar-refractivity contribution in [1.82, 2.24) is 9.97 Å². The van der Waals surface area contributed by atoms with Crippen molar-refractivity contribution in [2.75, 3.05) is 5.32 Å². The number of nitrogens with two attached hydrogens (primary N) is 1. The average molecular weight is 249 g/mol. The van der Waals surface area contributed by atoms with Crippen molar-refractivity contribution >= 4 is 29.1 Å². The van der Waals surface area contributed by atoms with Crippen LogP contribution in [0.4, 0.5) is 11.6 Å². The first kappa shape index (κ1) is 11.3. The fourth-order valence-electron chi connectivity index (χ4n) is 1.28. The van der Waals surface area contributed by atoms with Crippen LogP contribution in [0.15, 0.2) is 36.5 Å². The van der Waals surface area contributed by atoms with E-state index in [9.17, 15) is 4.79 Å². The fraction of sp³-hybridized carbons (Fsp3) is 0. The second-order valence-corrected chi connectivity index (χ2v) is 3.66. The van der Waals surface area contributed by atoms with Gasteiger partial charge in [0.2, 0.25) is 11.9 Å². The minimum absolute atomic E-state index is 0.341. The van der Waals surface area contributed by atoms with Crippen LogP contribution >= 0.6 is 11.6 Å². The molecule has 0 radical (unpaired) electrons. The Hall–Kier alpha value is -2.14. The number of anilines is 2. The van der Waals surface area contributed by atoms with Gasteiger partial charge in [-0.1, -0.05) is 17.7 Å². The number of benzene rings is 1. The third-order valence-electron chi connectivity index (χ3n) is 2.02. The van der Waals surface area contributed by atoms with Crippen LogP contribution in [0, 0.1) is 0 Å². The second kappa shape index (κ2) is 4.80. The molecular formula is C11H9ClN4O. The topological polar surface area (TPSA) is 80.9 Å². The van der Waals surface area contributed by atoms with E-state index >= 15 is 0 Å². The van der Waals surface area contributed by atoms with E-state index in [0.717, 1.165) is 0 Å². The van der Waals surface area contributed by atoms with Gasteiger partial charge in [0.1, 0.15) is 5.15 Å². The van der Waals surface area contributed by atoms with Crippen molar-refractivity contribution in [3.63, 3.8) is 0 Å². The van der Waals surface area contributed by atoms with E-state index < -0.39 is 5.91 Å². The Balaban J connectivity index is 2.24. The van der Waals surface area contributed by atoms with Gasteiger partial charge in [-0.05, 0) is 24.3 Å². The summed E-state index contributed by atoms with van der Waals surface area (Å²) in [6.07, 6.45) is 1.54. The number of hydrogen-bond acceptors (Lipinski definition) is 4. The molecule has 1 aromatic heterocycles. The minimum atomic E-state index is -0.485. The van der Waals surface area contributed by atoms with E-state index in [-0.39, 0.29) is 0 Å². The number of nitrogens with zero attached hydrogens (tertiary/aromatic N) is 2. The van der Waals surface area contributed by atoms with Gasteiger partial charge >= 0.3 is 0 Å². The Labute approximate surface area is 103 Å². The summed E-state index contributed by atoms with van der Waals surface area (Å²) in [5.74, 6) is -0.125. The van der Waals surface area contributed by atoms with Gasteiger partial charge in [-0.15, -0.1) is 0 Å². The Kier molecular flexibility index (Phi) is 3.20. The summed E-state index contributed by atoms with van der Waals surface area (Å²) in [7, 11) is 0. The first-order valence-corrected chi connectivity index (χ1v) is 5.18. The van der Waals surface area contributed by atoms with E-state index in [1.54, 1.807) is 30.3 Å². The van der Waals surface area contributed by atoms with Gasteiger partial charge in [0.25, 0.3) is 0 Å². The van der Waals surface area contributed by atoms with Crippen molar-refractivity contribution in [3.05, 3.63) is 47.2 Å². The molecule has 0 aliphatic carbocycles. The van der Waals surface area contributed by atoms with Crippen LogP contribution < -0.4 is 11.1 Å². The Morgan fingerprint density at radius 1 is 1.35 bits per heavy atom. The molecule has 6 heteroatoms. The van der Waals surface area contributed by atoms with Gasteiger partial charge in [0, 0.05) is 17.4 Å². The maximum Gasteiger partial charge on any atom is 0.248 e. The fourth-order valence-corrected chi connectivity index (χ4v) is 1.41. The monoisotopic (exact) mass is 248 g/mol. The van der Waals surface area contributed by atoms with Crippen molar-refractivity contribution < 1.29 is 4.79 Å². The summed E-state index contributed by atoms with van der Waals surface area (Å²) >= 11 is 5.73. The lowest BCUT2D eigenvalue weighted by atomic mass is 10.2. The molecular weight excluding hydrogens is 240 g/mol. The van der Waals surface area contributed by atoms with Gasteiger partial charge in [-0.25, -0.2) is 9.97 Å². The molecule has 2 aromatic rings. The molecule has 2 rings (SSSR count). The highest BCUT2D eigenvalue weighted by atomic mass is 35.5. The molecule has 0 saturated carbocycles. The molecule has 0 aliphatic rings. The molecule has 17 heavy (non-hydrogen) atoms. The highest BCUT2D eigenvalue weighted by Crippen LogP contribution is 2.15. The van der Waals surface area contributed by atoms with Gasteiger partial charge in [0.15, 0.2) is 0 Å². The molecule has 0 unspecified atom stereocenters. The third kappa shape index (κ3) is 2.92. The number of nitrogens with one attached hydrogen (secondary N) is 1. The quantitative estimate of drug-likeness (QED) is 0.814. The molecule has 0 bridgehead atoms. The number of carbonyl (C=O) groups excluding carboxylic acids is 1. The number of halogens is 1. The predicted molar refractivity (Wildman–Crippen MR) is 65.3 cm³/mol. The number of amides is 1. The summed E-state index contributed by atoms with van der Waals surface area (Å²) in [4.78, 5) is 19.0. The number of rotatable bonds is 3. The number of carbonyl (C=O) groups is 1. The molecule has 5 nitrogen and oxygen atoms in total. The van der Waals surface area contributed by atoms with Gasteiger partial charge in [-0.2, -0.15) is 0 Å². The van der Waals surface area contributed by atoms with Crippen LogP contribution in [-0.2, 0) is 0 Å². The van der Waals surface area contributed by atoms with Gasteiger partial charge < -0.3 is 11.1 Å². The van der Waals surface area contributed by atoms with E-state index in [0.29, 0.717) is 22.4 Å². The molecule has 3 N–H and O–H groups in total. The molecule has 0 atom stereocenters. The molecule has 86 valence electrons. The Morgan fingerprint density at radius 3 is 2.88 bits per heavy atom. The van der Waals surface area contributed by atoms with E-state index in [4.69, 9.17) is 17.3 Å². The van der Waals surface area contributed by atoms with E-state index in [1.165, 1.54) is 6.20 Å². The van der Waals surface area contributed by atoms with Crippen LogP contribution in [0.2, 0.25) is 5.15 Å². The zero-order valence-corrected chi connectivity index (χ0v) is 9.48. The SMILES string of the molecule is NC(=O)c1cccc(Nc2nccc(Cl)n2)c1. The van der Waals surface area contributed by atoms with Crippen LogP contribution in [0.25, 0.3) is 0 Å². The van der Waals surface area contributed by atoms with E-state index in [1.807, 2.05) is 0 Å². The lowest BCUT2D eigenvalue weighted by Crippen LogP contribution is -2.11. The van der Waals surface area contributed by atoms with Gasteiger partial charge in [0.05, 0.1) is 0 Å². The smallest absolute Gasteiger partial charge is 0.248 e. The maximum absolute atomic E-state index is 11.0. The summed E-state index contributed by atoms with van der Waals surface area (Å²) in [5.41, 5.74) is 6.26. The molecule has 1 aromatic carbocycles. The molecule has 0 fully saturated rings. The predicted octanol–water partition coefficient (Wildman–Crippen LogP) is 1.97. The van der Waals surface area contributed by atoms with Crippen LogP contribution in [0.1, 0.15) is 10.4 Å². The van der Waals surface area contributed by atoms with Crippen molar-refractivity contribution in [2.45, 2.75) is 0 Å². The lowest BCUT2D eigenvalue weighted by Gasteiger charge is -2.05. The van der Waals surface area contributed by atoms with Crippen LogP contribution in [0.3, 0.4) is 0 Å². The summed E-state index contributed by atoms with van der Waals surface area (Å²) in [6, 6.07) is 8.31. The maximum atomic E-state index is 11.0. The molecule has 1 heterocycles. The zero-order valence-electron chi connectivity index (χ0n) is 8.72.